The smallest absolute Gasteiger partial charge is 0.252 e. The first-order valence-corrected chi connectivity index (χ1v) is 6.69. The van der Waals surface area contributed by atoms with Crippen LogP contribution in [0.3, 0.4) is 0 Å². The third-order valence-electron chi connectivity index (χ3n) is 2.70. The van der Waals surface area contributed by atoms with E-state index in [0.717, 1.165) is 0 Å². The number of halogens is 2. The molecular formula is C15H11BrFNO2. The Bertz CT molecular complexity index is 644. The molecule has 2 rings (SSSR count). The van der Waals surface area contributed by atoms with Crippen LogP contribution in [0.5, 0.6) is 0 Å². The summed E-state index contributed by atoms with van der Waals surface area (Å²) in [6.07, 6.45) is 0. The number of carbonyl (C=O) groups is 2. The minimum atomic E-state index is -0.521. The van der Waals surface area contributed by atoms with Crippen LogP contribution < -0.4 is 5.32 Å². The highest BCUT2D eigenvalue weighted by molar-refractivity contribution is 9.10. The molecule has 5 heteroatoms. The van der Waals surface area contributed by atoms with E-state index in [1.54, 1.807) is 30.3 Å². The van der Waals surface area contributed by atoms with Crippen molar-refractivity contribution in [2.45, 2.75) is 0 Å². The van der Waals surface area contributed by atoms with Crippen LogP contribution in [-0.2, 0) is 0 Å². The monoisotopic (exact) mass is 335 g/mol. The summed E-state index contributed by atoms with van der Waals surface area (Å²) in [5.74, 6) is -1.22. The summed E-state index contributed by atoms with van der Waals surface area (Å²) < 4.78 is 13.4. The fraction of sp³-hybridized carbons (Fsp3) is 0.0667. The summed E-state index contributed by atoms with van der Waals surface area (Å²) in [6, 6.07) is 12.8. The van der Waals surface area contributed by atoms with Gasteiger partial charge in [-0.15, -0.1) is 0 Å². The molecule has 0 radical (unpaired) electrons. The normalized spacial score (nSPS) is 10.1. The second-order valence-electron chi connectivity index (χ2n) is 4.07. The van der Waals surface area contributed by atoms with Gasteiger partial charge < -0.3 is 5.32 Å². The van der Waals surface area contributed by atoms with Crippen LogP contribution in [-0.4, -0.2) is 18.2 Å². The number of ketones is 1. The van der Waals surface area contributed by atoms with Gasteiger partial charge >= 0.3 is 0 Å². The van der Waals surface area contributed by atoms with Crippen molar-refractivity contribution < 1.29 is 14.0 Å². The van der Waals surface area contributed by atoms with E-state index < -0.39 is 11.7 Å². The minimum absolute atomic E-state index is 0.0876. The molecule has 2 aromatic carbocycles. The molecule has 102 valence electrons. The molecular weight excluding hydrogens is 325 g/mol. The lowest BCUT2D eigenvalue weighted by Crippen LogP contribution is -2.29. The fourth-order valence-electron chi connectivity index (χ4n) is 1.66. The van der Waals surface area contributed by atoms with E-state index in [1.165, 1.54) is 18.2 Å². The van der Waals surface area contributed by atoms with E-state index in [4.69, 9.17) is 0 Å². The predicted octanol–water partition coefficient (Wildman–Crippen LogP) is 3.20. The SMILES string of the molecule is O=C(CNC(=O)c1cccc(F)c1Br)c1ccccc1. The molecule has 0 aliphatic carbocycles. The molecule has 20 heavy (non-hydrogen) atoms. The number of Topliss-reactive ketones (excluding diaryl/α,β-unsaturated/α-hetero) is 1. The van der Waals surface area contributed by atoms with Gasteiger partial charge in [0.2, 0.25) is 0 Å². The van der Waals surface area contributed by atoms with Crippen molar-refractivity contribution in [3.8, 4) is 0 Å². The number of rotatable bonds is 4. The van der Waals surface area contributed by atoms with Crippen LogP contribution in [0.4, 0.5) is 4.39 Å². The molecule has 0 heterocycles. The third-order valence-corrected chi connectivity index (χ3v) is 3.51. The van der Waals surface area contributed by atoms with Gasteiger partial charge in [-0.3, -0.25) is 9.59 Å². The van der Waals surface area contributed by atoms with Crippen LogP contribution in [0.1, 0.15) is 20.7 Å². The number of nitrogens with one attached hydrogen (secondary N) is 1. The maximum Gasteiger partial charge on any atom is 0.252 e. The standard InChI is InChI=1S/C15H11BrFNO2/c16-14-11(7-4-8-12(14)17)15(20)18-9-13(19)10-5-2-1-3-6-10/h1-8H,9H2,(H,18,20). The fourth-order valence-corrected chi connectivity index (χ4v) is 2.11. The van der Waals surface area contributed by atoms with Gasteiger partial charge in [0.25, 0.3) is 5.91 Å². The van der Waals surface area contributed by atoms with Gasteiger partial charge in [0, 0.05) is 5.56 Å². The molecule has 0 unspecified atom stereocenters. The second kappa shape index (κ2) is 6.43. The van der Waals surface area contributed by atoms with Crippen molar-refractivity contribution in [1.82, 2.24) is 5.32 Å². The molecule has 0 fully saturated rings. The van der Waals surface area contributed by atoms with Gasteiger partial charge in [0.15, 0.2) is 5.78 Å². The van der Waals surface area contributed by atoms with Gasteiger partial charge in [0.1, 0.15) is 5.82 Å². The highest BCUT2D eigenvalue weighted by Gasteiger charge is 2.14. The Morgan fingerprint density at radius 2 is 1.75 bits per heavy atom. The molecule has 0 aliphatic heterocycles. The van der Waals surface area contributed by atoms with E-state index in [1.807, 2.05) is 0 Å². The molecule has 0 saturated carbocycles. The van der Waals surface area contributed by atoms with Crippen molar-refractivity contribution in [1.29, 1.82) is 0 Å². The largest absolute Gasteiger partial charge is 0.345 e. The Kier molecular flexibility index (Phi) is 4.63. The van der Waals surface area contributed by atoms with E-state index >= 15 is 0 Å². The molecule has 0 atom stereocenters. The van der Waals surface area contributed by atoms with Crippen molar-refractivity contribution >= 4 is 27.6 Å². The zero-order valence-corrected chi connectivity index (χ0v) is 12.0. The van der Waals surface area contributed by atoms with E-state index in [0.29, 0.717) is 5.56 Å². The molecule has 2 aromatic rings. The summed E-state index contributed by atoms with van der Waals surface area (Å²) in [6.45, 7) is -0.133. The predicted molar refractivity (Wildman–Crippen MR) is 77.2 cm³/mol. The topological polar surface area (TPSA) is 46.2 Å². The maximum absolute atomic E-state index is 13.3. The number of hydrogen-bond donors (Lipinski definition) is 1. The van der Waals surface area contributed by atoms with Crippen molar-refractivity contribution in [2.75, 3.05) is 6.54 Å². The van der Waals surface area contributed by atoms with Gasteiger partial charge in [-0.2, -0.15) is 0 Å². The first-order valence-electron chi connectivity index (χ1n) is 5.90. The minimum Gasteiger partial charge on any atom is -0.345 e. The van der Waals surface area contributed by atoms with Crippen LogP contribution in [0.25, 0.3) is 0 Å². The van der Waals surface area contributed by atoms with Crippen LogP contribution in [0.15, 0.2) is 53.0 Å². The van der Waals surface area contributed by atoms with E-state index in [9.17, 15) is 14.0 Å². The Balaban J connectivity index is 2.03. The highest BCUT2D eigenvalue weighted by atomic mass is 79.9. The van der Waals surface area contributed by atoms with E-state index in [-0.39, 0.29) is 22.4 Å². The molecule has 1 N–H and O–H groups in total. The van der Waals surface area contributed by atoms with Gasteiger partial charge in [0.05, 0.1) is 16.6 Å². The van der Waals surface area contributed by atoms with Crippen LogP contribution in [0, 0.1) is 5.82 Å². The van der Waals surface area contributed by atoms with Crippen LogP contribution in [0.2, 0.25) is 0 Å². The van der Waals surface area contributed by atoms with Crippen LogP contribution >= 0.6 is 15.9 Å². The average Bonchev–Trinajstić information content (AvgIpc) is 2.48. The highest BCUT2D eigenvalue weighted by Crippen LogP contribution is 2.20. The average molecular weight is 336 g/mol. The summed E-state index contributed by atoms with van der Waals surface area (Å²) in [5, 5.41) is 2.48. The van der Waals surface area contributed by atoms with Crippen molar-refractivity contribution in [3.05, 3.63) is 69.9 Å². The summed E-state index contributed by atoms with van der Waals surface area (Å²) in [5.41, 5.74) is 0.678. The Morgan fingerprint density at radius 3 is 2.45 bits per heavy atom. The van der Waals surface area contributed by atoms with Gasteiger partial charge in [-0.1, -0.05) is 36.4 Å². The van der Waals surface area contributed by atoms with Crippen molar-refractivity contribution in [3.63, 3.8) is 0 Å². The van der Waals surface area contributed by atoms with E-state index in [2.05, 4.69) is 21.2 Å². The Hall–Kier alpha value is -2.01. The van der Waals surface area contributed by atoms with Gasteiger partial charge in [-0.25, -0.2) is 4.39 Å². The molecule has 0 aromatic heterocycles. The third kappa shape index (κ3) is 3.30. The number of benzene rings is 2. The number of amides is 1. The summed E-state index contributed by atoms with van der Waals surface area (Å²) in [7, 11) is 0. The number of hydrogen-bond acceptors (Lipinski definition) is 2. The Labute approximate surface area is 123 Å². The zero-order chi connectivity index (χ0) is 14.5. The molecule has 0 spiro atoms. The van der Waals surface area contributed by atoms with Gasteiger partial charge in [-0.05, 0) is 28.1 Å². The van der Waals surface area contributed by atoms with Crippen molar-refractivity contribution in [2.24, 2.45) is 0 Å². The Morgan fingerprint density at radius 1 is 1.05 bits per heavy atom. The zero-order valence-electron chi connectivity index (χ0n) is 10.4. The molecule has 0 bridgehead atoms. The number of carbonyl (C=O) groups excluding carboxylic acids is 2. The molecule has 0 aliphatic rings. The molecule has 1 amide bonds. The first kappa shape index (κ1) is 14.4. The molecule has 3 nitrogen and oxygen atoms in total. The maximum atomic E-state index is 13.3. The first-order chi connectivity index (χ1) is 9.59. The second-order valence-corrected chi connectivity index (χ2v) is 4.87. The lowest BCUT2D eigenvalue weighted by molar-refractivity contribution is 0.0903. The lowest BCUT2D eigenvalue weighted by atomic mass is 10.1. The summed E-state index contributed by atoms with van der Waals surface area (Å²) >= 11 is 3.01. The lowest BCUT2D eigenvalue weighted by Gasteiger charge is -2.07. The quantitative estimate of drug-likeness (QED) is 0.872. The summed E-state index contributed by atoms with van der Waals surface area (Å²) in [4.78, 5) is 23.7. The molecule has 0 saturated heterocycles.